The van der Waals surface area contributed by atoms with E-state index in [1.54, 1.807) is 62.4 Å². The fourth-order valence-corrected chi connectivity index (χ4v) is 2.81. The average Bonchev–Trinajstić information content (AvgIpc) is 2.66. The standard InChI is InChI=1S/C21H21ClN2O4/c1-14(2)28-21(26)11-18(16-8-4-5-9-17(16)22)24-20(25)13-27-19-10-6-3-7-15(19)12-23/h3-10,14,18H,11,13H2,1-2H3,(H,24,25). The largest absolute Gasteiger partial charge is 0.482 e. The van der Waals surface area contributed by atoms with Crippen molar-refractivity contribution in [1.29, 1.82) is 5.26 Å². The molecule has 0 saturated heterocycles. The molecular weight excluding hydrogens is 380 g/mol. The summed E-state index contributed by atoms with van der Waals surface area (Å²) in [6.07, 6.45) is -0.330. The van der Waals surface area contributed by atoms with Crippen molar-refractivity contribution in [2.24, 2.45) is 0 Å². The minimum atomic E-state index is -0.665. The molecule has 2 aromatic carbocycles. The number of halogens is 1. The summed E-state index contributed by atoms with van der Waals surface area (Å²) in [5.41, 5.74) is 0.939. The molecule has 0 spiro atoms. The first-order valence-corrected chi connectivity index (χ1v) is 9.13. The maximum Gasteiger partial charge on any atom is 0.308 e. The zero-order valence-electron chi connectivity index (χ0n) is 15.6. The number of nitriles is 1. The van der Waals surface area contributed by atoms with E-state index in [2.05, 4.69) is 5.32 Å². The van der Waals surface area contributed by atoms with Gasteiger partial charge in [-0.15, -0.1) is 0 Å². The highest BCUT2D eigenvalue weighted by Gasteiger charge is 2.22. The predicted octanol–water partition coefficient (Wildman–Crippen LogP) is 3.79. The smallest absolute Gasteiger partial charge is 0.308 e. The summed E-state index contributed by atoms with van der Waals surface area (Å²) in [7, 11) is 0. The van der Waals surface area contributed by atoms with Crippen LogP contribution < -0.4 is 10.1 Å². The first-order valence-electron chi connectivity index (χ1n) is 8.76. The first-order chi connectivity index (χ1) is 13.4. The van der Waals surface area contributed by atoms with E-state index < -0.39 is 17.9 Å². The molecule has 0 aliphatic heterocycles. The van der Waals surface area contributed by atoms with Crippen LogP contribution in [-0.4, -0.2) is 24.6 Å². The van der Waals surface area contributed by atoms with Crippen molar-refractivity contribution in [1.82, 2.24) is 5.32 Å². The molecule has 0 aromatic heterocycles. The van der Waals surface area contributed by atoms with Gasteiger partial charge in [0.15, 0.2) is 6.61 Å². The van der Waals surface area contributed by atoms with Crippen LogP contribution in [0.2, 0.25) is 5.02 Å². The van der Waals surface area contributed by atoms with E-state index in [1.165, 1.54) is 0 Å². The van der Waals surface area contributed by atoms with Crippen LogP contribution in [0, 0.1) is 11.3 Å². The van der Waals surface area contributed by atoms with Gasteiger partial charge in [0, 0.05) is 5.02 Å². The van der Waals surface area contributed by atoms with Crippen LogP contribution in [0.5, 0.6) is 5.75 Å². The van der Waals surface area contributed by atoms with Crippen molar-refractivity contribution in [2.45, 2.75) is 32.4 Å². The molecule has 1 unspecified atom stereocenters. The second-order valence-electron chi connectivity index (χ2n) is 6.28. The van der Waals surface area contributed by atoms with Crippen molar-refractivity contribution in [3.8, 4) is 11.8 Å². The number of para-hydroxylation sites is 1. The van der Waals surface area contributed by atoms with Gasteiger partial charge >= 0.3 is 5.97 Å². The third-order valence-corrected chi connectivity index (χ3v) is 4.06. The lowest BCUT2D eigenvalue weighted by atomic mass is 10.0. The second-order valence-corrected chi connectivity index (χ2v) is 6.69. The highest BCUT2D eigenvalue weighted by Crippen LogP contribution is 2.26. The Morgan fingerprint density at radius 2 is 1.82 bits per heavy atom. The fraction of sp³-hybridized carbons (Fsp3) is 0.286. The quantitative estimate of drug-likeness (QED) is 0.681. The van der Waals surface area contributed by atoms with E-state index in [4.69, 9.17) is 26.3 Å². The van der Waals surface area contributed by atoms with Gasteiger partial charge in [0.25, 0.3) is 5.91 Å². The van der Waals surface area contributed by atoms with E-state index in [9.17, 15) is 9.59 Å². The molecule has 1 atom stereocenters. The molecule has 0 heterocycles. The maximum absolute atomic E-state index is 12.4. The summed E-state index contributed by atoms with van der Waals surface area (Å²) >= 11 is 6.23. The van der Waals surface area contributed by atoms with E-state index in [1.807, 2.05) is 6.07 Å². The van der Waals surface area contributed by atoms with Gasteiger partial charge in [-0.05, 0) is 37.6 Å². The Morgan fingerprint density at radius 3 is 2.50 bits per heavy atom. The molecule has 2 rings (SSSR count). The number of nitrogens with zero attached hydrogens (tertiary/aromatic N) is 1. The molecule has 0 saturated carbocycles. The van der Waals surface area contributed by atoms with Crippen molar-refractivity contribution in [3.63, 3.8) is 0 Å². The lowest BCUT2D eigenvalue weighted by Gasteiger charge is -2.20. The van der Waals surface area contributed by atoms with Gasteiger partial charge in [0.2, 0.25) is 0 Å². The Bertz CT molecular complexity index is 877. The third kappa shape index (κ3) is 6.29. The van der Waals surface area contributed by atoms with Crippen molar-refractivity contribution < 1.29 is 19.1 Å². The Balaban J connectivity index is 2.08. The topological polar surface area (TPSA) is 88.4 Å². The Kier molecular flexibility index (Phi) is 7.85. The Labute approximate surface area is 169 Å². The number of nitrogens with one attached hydrogen (secondary N) is 1. The monoisotopic (exact) mass is 400 g/mol. The van der Waals surface area contributed by atoms with Crippen LogP contribution >= 0.6 is 11.6 Å². The number of carbonyl (C=O) groups is 2. The van der Waals surface area contributed by atoms with Crippen LogP contribution in [0.15, 0.2) is 48.5 Å². The summed E-state index contributed by atoms with van der Waals surface area (Å²) in [5.74, 6) is -0.584. The molecule has 0 fully saturated rings. The zero-order chi connectivity index (χ0) is 20.5. The SMILES string of the molecule is CC(C)OC(=O)CC(NC(=O)COc1ccccc1C#N)c1ccccc1Cl. The van der Waals surface area contributed by atoms with Crippen LogP contribution in [0.4, 0.5) is 0 Å². The van der Waals surface area contributed by atoms with Gasteiger partial charge in [-0.3, -0.25) is 9.59 Å². The van der Waals surface area contributed by atoms with Gasteiger partial charge in [-0.25, -0.2) is 0 Å². The van der Waals surface area contributed by atoms with Gasteiger partial charge in [0.1, 0.15) is 11.8 Å². The number of ether oxygens (including phenoxy) is 2. The molecule has 146 valence electrons. The number of benzene rings is 2. The van der Waals surface area contributed by atoms with E-state index >= 15 is 0 Å². The molecule has 0 aliphatic rings. The summed E-state index contributed by atoms with van der Waals surface area (Å²) in [4.78, 5) is 24.5. The van der Waals surface area contributed by atoms with Crippen LogP contribution in [0.1, 0.15) is 37.4 Å². The van der Waals surface area contributed by atoms with Gasteiger partial charge in [-0.2, -0.15) is 5.26 Å². The summed E-state index contributed by atoms with van der Waals surface area (Å²) < 4.78 is 10.6. The Hall–Kier alpha value is -3.04. The number of amides is 1. The molecule has 1 N–H and O–H groups in total. The maximum atomic E-state index is 12.4. The number of hydrogen-bond acceptors (Lipinski definition) is 5. The Morgan fingerprint density at radius 1 is 1.14 bits per heavy atom. The van der Waals surface area contributed by atoms with Crippen molar-refractivity contribution in [2.75, 3.05) is 6.61 Å². The van der Waals surface area contributed by atoms with Gasteiger partial charge in [0.05, 0.1) is 24.1 Å². The van der Waals surface area contributed by atoms with E-state index in [0.717, 1.165) is 0 Å². The summed E-state index contributed by atoms with van der Waals surface area (Å²) in [6, 6.07) is 14.9. The summed E-state index contributed by atoms with van der Waals surface area (Å²) in [5, 5.41) is 12.3. The normalized spacial score (nSPS) is 11.4. The second kappa shape index (κ2) is 10.3. The molecule has 0 radical (unpaired) electrons. The van der Waals surface area contributed by atoms with Crippen LogP contribution in [0.3, 0.4) is 0 Å². The molecule has 28 heavy (non-hydrogen) atoms. The van der Waals surface area contributed by atoms with Crippen LogP contribution in [0.25, 0.3) is 0 Å². The predicted molar refractivity (Wildman–Crippen MR) is 105 cm³/mol. The number of rotatable bonds is 8. The molecule has 1 amide bonds. The summed E-state index contributed by atoms with van der Waals surface area (Å²) in [6.45, 7) is 3.20. The molecule has 6 nitrogen and oxygen atoms in total. The molecular formula is C21H21ClN2O4. The zero-order valence-corrected chi connectivity index (χ0v) is 16.4. The van der Waals surface area contributed by atoms with Crippen LogP contribution in [-0.2, 0) is 14.3 Å². The van der Waals surface area contributed by atoms with Crippen molar-refractivity contribution >= 4 is 23.5 Å². The average molecular weight is 401 g/mol. The third-order valence-electron chi connectivity index (χ3n) is 3.72. The highest BCUT2D eigenvalue weighted by atomic mass is 35.5. The number of carbonyl (C=O) groups excluding carboxylic acids is 2. The number of hydrogen-bond donors (Lipinski definition) is 1. The lowest BCUT2D eigenvalue weighted by molar-refractivity contribution is -0.148. The van der Waals surface area contributed by atoms with E-state index in [-0.39, 0.29) is 19.1 Å². The van der Waals surface area contributed by atoms with E-state index in [0.29, 0.717) is 21.9 Å². The van der Waals surface area contributed by atoms with Crippen molar-refractivity contribution in [3.05, 3.63) is 64.7 Å². The minimum absolute atomic E-state index is 0.0670. The lowest BCUT2D eigenvalue weighted by Crippen LogP contribution is -2.34. The van der Waals surface area contributed by atoms with Gasteiger partial charge in [-0.1, -0.05) is 41.9 Å². The minimum Gasteiger partial charge on any atom is -0.482 e. The number of esters is 1. The van der Waals surface area contributed by atoms with Gasteiger partial charge < -0.3 is 14.8 Å². The molecule has 0 bridgehead atoms. The molecule has 2 aromatic rings. The first kappa shape index (κ1) is 21.3. The highest BCUT2D eigenvalue weighted by molar-refractivity contribution is 6.31. The molecule has 0 aliphatic carbocycles. The fourth-order valence-electron chi connectivity index (χ4n) is 2.54. The molecule has 7 heteroatoms.